The van der Waals surface area contributed by atoms with E-state index in [4.69, 9.17) is 16.3 Å². The molecule has 146 valence electrons. The number of rotatable bonds is 4. The number of carbonyl (C=O) groups is 1. The highest BCUT2D eigenvalue weighted by Crippen LogP contribution is 2.43. The van der Waals surface area contributed by atoms with Crippen molar-refractivity contribution in [1.82, 2.24) is 5.32 Å². The number of nitrogens with one attached hydrogen (secondary N) is 1. The Hall–Kier alpha value is -3.03. The first kappa shape index (κ1) is 19.3. The number of nitrogens with zero attached hydrogens (tertiary/aromatic N) is 1. The van der Waals surface area contributed by atoms with Gasteiger partial charge < -0.3 is 10.1 Å². The van der Waals surface area contributed by atoms with Crippen molar-refractivity contribution in [3.8, 4) is 11.8 Å². The molecule has 0 bridgehead atoms. The number of carbonyl (C=O) groups excluding carboxylic acids is 1. The van der Waals surface area contributed by atoms with Crippen LogP contribution in [0, 0.1) is 17.2 Å². The minimum atomic E-state index is -0.317. The summed E-state index contributed by atoms with van der Waals surface area (Å²) in [4.78, 5) is 12.7. The molecular weight excluding hydrogens is 384 g/mol. The van der Waals surface area contributed by atoms with E-state index in [9.17, 15) is 10.1 Å². The van der Waals surface area contributed by atoms with E-state index in [1.807, 2.05) is 55.5 Å². The van der Waals surface area contributed by atoms with Gasteiger partial charge in [-0.05, 0) is 48.7 Å². The van der Waals surface area contributed by atoms with Crippen LogP contribution in [-0.2, 0) is 11.4 Å². The number of Topliss-reactive ketones (excluding diaryl/α,β-unsaturated/α-hetero) is 1. The van der Waals surface area contributed by atoms with Crippen LogP contribution in [0.15, 0.2) is 71.6 Å². The third kappa shape index (κ3) is 3.92. The Morgan fingerprint density at radius 2 is 1.86 bits per heavy atom. The van der Waals surface area contributed by atoms with Crippen molar-refractivity contribution in [2.24, 2.45) is 5.92 Å². The fourth-order valence-corrected chi connectivity index (χ4v) is 4.16. The van der Waals surface area contributed by atoms with Gasteiger partial charge in [0.2, 0.25) is 0 Å². The average Bonchev–Trinajstić information content (AvgIpc) is 2.73. The predicted molar refractivity (Wildman–Crippen MR) is 112 cm³/mol. The van der Waals surface area contributed by atoms with Crippen LogP contribution in [0.4, 0.5) is 0 Å². The maximum Gasteiger partial charge on any atom is 0.143 e. The molecule has 2 aromatic carbocycles. The molecule has 29 heavy (non-hydrogen) atoms. The first-order valence-corrected chi connectivity index (χ1v) is 10.0. The Kier molecular flexibility index (Phi) is 5.42. The van der Waals surface area contributed by atoms with E-state index in [-0.39, 0.29) is 17.6 Å². The maximum atomic E-state index is 12.7. The van der Waals surface area contributed by atoms with E-state index in [0.717, 1.165) is 34.7 Å². The van der Waals surface area contributed by atoms with Crippen LogP contribution < -0.4 is 10.1 Å². The highest BCUT2D eigenvalue weighted by atomic mass is 35.5. The van der Waals surface area contributed by atoms with Crippen molar-refractivity contribution < 1.29 is 9.53 Å². The van der Waals surface area contributed by atoms with Gasteiger partial charge in [-0.15, -0.1) is 0 Å². The van der Waals surface area contributed by atoms with E-state index < -0.39 is 0 Å². The number of ether oxygens (including phenoxy) is 1. The summed E-state index contributed by atoms with van der Waals surface area (Å²) in [6.07, 6.45) is 3.35. The van der Waals surface area contributed by atoms with E-state index in [1.54, 1.807) is 0 Å². The number of hydrogen-bond donors (Lipinski definition) is 1. The highest BCUT2D eigenvalue weighted by molar-refractivity contribution is 6.30. The number of benzene rings is 2. The molecule has 0 radical (unpaired) electrons. The zero-order valence-corrected chi connectivity index (χ0v) is 16.9. The second-order valence-corrected chi connectivity index (χ2v) is 7.82. The van der Waals surface area contributed by atoms with Gasteiger partial charge >= 0.3 is 0 Å². The Balaban J connectivity index is 1.58. The number of nitriles is 1. The fourth-order valence-electron chi connectivity index (χ4n) is 4.04. The van der Waals surface area contributed by atoms with Gasteiger partial charge in [-0.1, -0.05) is 41.9 Å². The predicted octanol–water partition coefficient (Wildman–Crippen LogP) is 5.27. The summed E-state index contributed by atoms with van der Waals surface area (Å²) in [5.74, 6) is 0.347. The summed E-state index contributed by atoms with van der Waals surface area (Å²) in [5.41, 5.74) is 4.35. The van der Waals surface area contributed by atoms with E-state index in [0.29, 0.717) is 23.6 Å². The van der Waals surface area contributed by atoms with Crippen LogP contribution in [0.1, 0.15) is 36.8 Å². The lowest BCUT2D eigenvalue weighted by Crippen LogP contribution is -2.38. The second-order valence-electron chi connectivity index (χ2n) is 7.38. The van der Waals surface area contributed by atoms with Crippen LogP contribution >= 0.6 is 11.6 Å². The number of fused-ring (bicyclic) bond motifs is 1. The molecule has 2 unspecified atom stereocenters. The SMILES string of the molecule is CC1=C(C#N)C(c2ccc(OCc3ccc(Cl)cc3)cc2)C2C(=O)CCC=C2N1. The molecule has 4 rings (SSSR count). The third-order valence-electron chi connectivity index (χ3n) is 5.50. The van der Waals surface area contributed by atoms with Crippen LogP contribution in [0.25, 0.3) is 0 Å². The van der Waals surface area contributed by atoms with Gasteiger partial charge in [-0.2, -0.15) is 5.26 Å². The minimum absolute atomic E-state index is 0.184. The van der Waals surface area contributed by atoms with Gasteiger partial charge in [0.1, 0.15) is 18.1 Å². The first-order valence-electron chi connectivity index (χ1n) is 9.64. The summed E-state index contributed by atoms with van der Waals surface area (Å²) in [5, 5.41) is 13.7. The number of allylic oxidation sites excluding steroid dienone is 4. The highest BCUT2D eigenvalue weighted by Gasteiger charge is 2.40. The molecule has 2 atom stereocenters. The van der Waals surface area contributed by atoms with Crippen LogP contribution in [-0.4, -0.2) is 5.78 Å². The molecule has 4 nitrogen and oxygen atoms in total. The maximum absolute atomic E-state index is 12.7. The quantitative estimate of drug-likeness (QED) is 0.754. The molecule has 1 heterocycles. The smallest absolute Gasteiger partial charge is 0.143 e. The third-order valence-corrected chi connectivity index (χ3v) is 5.75. The molecule has 0 amide bonds. The van der Waals surface area contributed by atoms with Crippen molar-refractivity contribution in [3.05, 3.63) is 87.7 Å². The second kappa shape index (κ2) is 8.14. The summed E-state index contributed by atoms with van der Waals surface area (Å²) in [6.45, 7) is 2.34. The van der Waals surface area contributed by atoms with E-state index in [1.165, 1.54) is 0 Å². The normalized spacial score (nSPS) is 21.0. The van der Waals surface area contributed by atoms with E-state index in [2.05, 4.69) is 17.5 Å². The standard InChI is InChI=1S/C24H21ClN2O2/c1-15-20(13-26)23(24-21(27-15)3-2-4-22(24)28)17-7-11-19(12-8-17)29-14-16-5-9-18(25)10-6-16/h3,5-12,23-24,27H,2,4,14H2,1H3. The van der Waals surface area contributed by atoms with E-state index >= 15 is 0 Å². The molecule has 1 aliphatic carbocycles. The molecule has 2 aromatic rings. The molecule has 0 fully saturated rings. The zero-order chi connectivity index (χ0) is 20.4. The lowest BCUT2D eigenvalue weighted by atomic mass is 9.71. The lowest BCUT2D eigenvalue weighted by molar-refractivity contribution is -0.122. The summed E-state index contributed by atoms with van der Waals surface area (Å²) >= 11 is 5.91. The van der Waals surface area contributed by atoms with Gasteiger partial charge in [0.05, 0.1) is 17.6 Å². The number of halogens is 1. The van der Waals surface area contributed by atoms with Crippen molar-refractivity contribution in [3.63, 3.8) is 0 Å². The lowest BCUT2D eigenvalue weighted by Gasteiger charge is -2.36. The fraction of sp³-hybridized carbons (Fsp3) is 0.250. The molecular formula is C24H21ClN2O2. The molecule has 1 N–H and O–H groups in total. The van der Waals surface area contributed by atoms with Crippen molar-refractivity contribution in [2.45, 2.75) is 32.3 Å². The largest absolute Gasteiger partial charge is 0.489 e. The van der Waals surface area contributed by atoms with Gasteiger partial charge in [-0.25, -0.2) is 0 Å². The van der Waals surface area contributed by atoms with Crippen molar-refractivity contribution >= 4 is 17.4 Å². The topological polar surface area (TPSA) is 62.1 Å². The Morgan fingerprint density at radius 3 is 2.55 bits per heavy atom. The molecule has 1 aliphatic heterocycles. The zero-order valence-electron chi connectivity index (χ0n) is 16.1. The minimum Gasteiger partial charge on any atom is -0.489 e. The summed E-state index contributed by atoms with van der Waals surface area (Å²) in [7, 11) is 0. The van der Waals surface area contributed by atoms with Gasteiger partial charge in [-0.3, -0.25) is 4.79 Å². The number of ketones is 1. The molecule has 0 saturated carbocycles. The van der Waals surface area contributed by atoms with Crippen LogP contribution in [0.3, 0.4) is 0 Å². The van der Waals surface area contributed by atoms with Crippen LogP contribution in [0.2, 0.25) is 5.02 Å². The molecule has 2 aliphatic rings. The van der Waals surface area contributed by atoms with Gasteiger partial charge in [0.15, 0.2) is 0 Å². The van der Waals surface area contributed by atoms with Crippen molar-refractivity contribution in [2.75, 3.05) is 0 Å². The molecule has 0 spiro atoms. The Morgan fingerprint density at radius 1 is 1.14 bits per heavy atom. The van der Waals surface area contributed by atoms with Gasteiger partial charge in [0.25, 0.3) is 0 Å². The monoisotopic (exact) mass is 404 g/mol. The Labute approximate surface area is 175 Å². The van der Waals surface area contributed by atoms with Crippen molar-refractivity contribution in [1.29, 1.82) is 5.26 Å². The molecule has 0 aromatic heterocycles. The molecule has 0 saturated heterocycles. The summed E-state index contributed by atoms with van der Waals surface area (Å²) in [6, 6.07) is 17.6. The average molecular weight is 405 g/mol. The van der Waals surface area contributed by atoms with Gasteiger partial charge in [0, 0.05) is 28.8 Å². The Bertz CT molecular complexity index is 1030. The molecule has 5 heteroatoms. The number of hydrogen-bond acceptors (Lipinski definition) is 4. The van der Waals surface area contributed by atoms with Crippen LogP contribution in [0.5, 0.6) is 5.75 Å². The first-order chi connectivity index (χ1) is 14.1. The summed E-state index contributed by atoms with van der Waals surface area (Å²) < 4.78 is 5.87.